The van der Waals surface area contributed by atoms with E-state index in [2.05, 4.69) is 5.32 Å². The Morgan fingerprint density at radius 2 is 1.95 bits per heavy atom. The number of rotatable bonds is 7. The first-order valence-electron chi connectivity index (χ1n) is 5.88. The van der Waals surface area contributed by atoms with Gasteiger partial charge in [0.15, 0.2) is 6.04 Å². The number of nitrogens with zero attached hydrogens (tertiary/aromatic N) is 1. The van der Waals surface area contributed by atoms with Crippen molar-refractivity contribution in [2.24, 2.45) is 0 Å². The number of carboxylic acid groups (broad SMARTS) is 1. The molecule has 1 aromatic carbocycles. The summed E-state index contributed by atoms with van der Waals surface area (Å²) in [6.45, 7) is 1.27. The zero-order chi connectivity index (χ0) is 16.0. The van der Waals surface area contributed by atoms with Crippen molar-refractivity contribution in [1.82, 2.24) is 5.32 Å². The van der Waals surface area contributed by atoms with Crippen molar-refractivity contribution in [3.8, 4) is 0 Å². The van der Waals surface area contributed by atoms with Gasteiger partial charge in [0.25, 0.3) is 5.69 Å². The van der Waals surface area contributed by atoms with Gasteiger partial charge in [0.2, 0.25) is 5.91 Å². The van der Waals surface area contributed by atoms with Crippen LogP contribution in [-0.2, 0) is 9.59 Å². The Morgan fingerprint density at radius 3 is 2.38 bits per heavy atom. The van der Waals surface area contributed by atoms with Gasteiger partial charge < -0.3 is 15.5 Å². The van der Waals surface area contributed by atoms with Gasteiger partial charge in [-0.3, -0.25) is 14.9 Å². The molecule has 0 aliphatic rings. The van der Waals surface area contributed by atoms with Crippen LogP contribution < -0.4 is 5.32 Å². The van der Waals surface area contributed by atoms with Crippen LogP contribution in [0.5, 0.6) is 0 Å². The van der Waals surface area contributed by atoms with E-state index in [0.29, 0.717) is 4.90 Å². The van der Waals surface area contributed by atoms with Gasteiger partial charge in [0.05, 0.1) is 16.8 Å². The van der Waals surface area contributed by atoms with E-state index in [-0.39, 0.29) is 11.4 Å². The summed E-state index contributed by atoms with van der Waals surface area (Å²) in [5.74, 6) is -1.93. The quantitative estimate of drug-likeness (QED) is 0.382. The second kappa shape index (κ2) is 7.60. The van der Waals surface area contributed by atoms with Gasteiger partial charge >= 0.3 is 5.97 Å². The number of thioether (sulfide) groups is 1. The third-order valence-electron chi connectivity index (χ3n) is 2.48. The molecule has 0 saturated heterocycles. The van der Waals surface area contributed by atoms with Crippen LogP contribution in [0.2, 0.25) is 0 Å². The van der Waals surface area contributed by atoms with Crippen molar-refractivity contribution in [2.45, 2.75) is 24.0 Å². The third kappa shape index (κ3) is 5.40. The molecule has 0 bridgehead atoms. The van der Waals surface area contributed by atoms with E-state index in [9.17, 15) is 24.8 Å². The SMILES string of the molecule is C[C@@H](O)[C@H](NC(=O)CSc1ccc([N+](=O)[O-])cc1)C(=O)O. The minimum atomic E-state index is -1.37. The van der Waals surface area contributed by atoms with Crippen molar-refractivity contribution in [1.29, 1.82) is 0 Å². The first-order chi connectivity index (χ1) is 9.81. The van der Waals surface area contributed by atoms with Crippen molar-refractivity contribution >= 4 is 29.3 Å². The molecule has 3 N–H and O–H groups in total. The summed E-state index contributed by atoms with van der Waals surface area (Å²) in [6, 6.07) is 4.26. The number of carboxylic acids is 1. The van der Waals surface area contributed by atoms with E-state index in [0.717, 1.165) is 11.8 Å². The van der Waals surface area contributed by atoms with Gasteiger partial charge in [-0.25, -0.2) is 4.79 Å². The molecule has 2 atom stereocenters. The average molecular weight is 314 g/mol. The molecule has 9 heteroatoms. The molecular formula is C12H14N2O6S. The van der Waals surface area contributed by atoms with E-state index in [1.807, 2.05) is 0 Å². The first kappa shape index (κ1) is 16.9. The maximum Gasteiger partial charge on any atom is 0.328 e. The van der Waals surface area contributed by atoms with E-state index in [4.69, 9.17) is 5.11 Å². The average Bonchev–Trinajstić information content (AvgIpc) is 2.42. The van der Waals surface area contributed by atoms with E-state index in [1.54, 1.807) is 0 Å². The third-order valence-corrected chi connectivity index (χ3v) is 3.49. The van der Waals surface area contributed by atoms with Crippen molar-refractivity contribution < 1.29 is 24.7 Å². The number of non-ortho nitro benzene ring substituents is 1. The molecule has 1 amide bonds. The molecular weight excluding hydrogens is 300 g/mol. The van der Waals surface area contributed by atoms with Crippen LogP contribution in [0, 0.1) is 10.1 Å². The summed E-state index contributed by atoms with van der Waals surface area (Å²) < 4.78 is 0. The molecule has 1 rings (SSSR count). The summed E-state index contributed by atoms with van der Waals surface area (Å²) >= 11 is 1.11. The molecule has 0 heterocycles. The minimum absolute atomic E-state index is 0.0520. The largest absolute Gasteiger partial charge is 0.480 e. The molecule has 0 aromatic heterocycles. The monoisotopic (exact) mass is 314 g/mol. The molecule has 0 aliphatic heterocycles. The van der Waals surface area contributed by atoms with E-state index in [1.165, 1.54) is 31.2 Å². The predicted octanol–water partition coefficient (Wildman–Crippen LogP) is 0.637. The van der Waals surface area contributed by atoms with E-state index < -0.39 is 28.9 Å². The van der Waals surface area contributed by atoms with Crippen LogP contribution in [0.15, 0.2) is 29.2 Å². The van der Waals surface area contributed by atoms with E-state index >= 15 is 0 Å². The van der Waals surface area contributed by atoms with Crippen LogP contribution in [0.4, 0.5) is 5.69 Å². The lowest BCUT2D eigenvalue weighted by Gasteiger charge is -2.16. The normalized spacial score (nSPS) is 13.2. The molecule has 21 heavy (non-hydrogen) atoms. The number of aliphatic hydroxyl groups excluding tert-OH is 1. The Hall–Kier alpha value is -2.13. The number of benzene rings is 1. The lowest BCUT2D eigenvalue weighted by molar-refractivity contribution is -0.384. The number of aliphatic hydroxyl groups is 1. The Morgan fingerprint density at radius 1 is 1.38 bits per heavy atom. The fraction of sp³-hybridized carbons (Fsp3) is 0.333. The fourth-order valence-electron chi connectivity index (χ4n) is 1.42. The maximum absolute atomic E-state index is 11.6. The van der Waals surface area contributed by atoms with Gasteiger partial charge in [-0.2, -0.15) is 0 Å². The Balaban J connectivity index is 2.52. The second-order valence-corrected chi connectivity index (χ2v) is 5.21. The first-order valence-corrected chi connectivity index (χ1v) is 6.87. The maximum atomic E-state index is 11.6. The number of amides is 1. The molecule has 0 unspecified atom stereocenters. The van der Waals surface area contributed by atoms with Crippen LogP contribution >= 0.6 is 11.8 Å². The predicted molar refractivity (Wildman–Crippen MR) is 75.1 cm³/mol. The Bertz CT molecular complexity index is 531. The van der Waals surface area contributed by atoms with Crippen LogP contribution in [0.1, 0.15) is 6.92 Å². The second-order valence-electron chi connectivity index (χ2n) is 4.16. The van der Waals surface area contributed by atoms with Crippen LogP contribution in [0.3, 0.4) is 0 Å². The summed E-state index contributed by atoms with van der Waals surface area (Å²) in [4.78, 5) is 33.0. The topological polar surface area (TPSA) is 130 Å². The minimum Gasteiger partial charge on any atom is -0.480 e. The highest BCUT2D eigenvalue weighted by atomic mass is 32.2. The van der Waals surface area contributed by atoms with Gasteiger partial charge in [0.1, 0.15) is 0 Å². The molecule has 114 valence electrons. The smallest absolute Gasteiger partial charge is 0.328 e. The van der Waals surface area contributed by atoms with Gasteiger partial charge in [0, 0.05) is 17.0 Å². The number of carbonyl (C=O) groups excluding carboxylic acids is 1. The molecule has 0 spiro atoms. The van der Waals surface area contributed by atoms with Crippen molar-refractivity contribution in [3.05, 3.63) is 34.4 Å². The number of hydrogen-bond acceptors (Lipinski definition) is 6. The molecule has 0 aliphatic carbocycles. The summed E-state index contributed by atoms with van der Waals surface area (Å²) in [5, 5.41) is 30.7. The highest BCUT2D eigenvalue weighted by Crippen LogP contribution is 2.21. The number of nitro benzene ring substituents is 1. The van der Waals surface area contributed by atoms with Gasteiger partial charge in [-0.1, -0.05) is 0 Å². The molecule has 0 fully saturated rings. The lowest BCUT2D eigenvalue weighted by Crippen LogP contribution is -2.48. The molecule has 0 radical (unpaired) electrons. The van der Waals surface area contributed by atoms with Crippen molar-refractivity contribution in [2.75, 3.05) is 5.75 Å². The number of hydrogen-bond donors (Lipinski definition) is 3. The van der Waals surface area contributed by atoms with Crippen LogP contribution in [-0.4, -0.2) is 44.9 Å². The summed E-state index contributed by atoms with van der Waals surface area (Å²) in [5.41, 5.74) is -0.0520. The van der Waals surface area contributed by atoms with Gasteiger partial charge in [-0.05, 0) is 19.1 Å². The summed E-state index contributed by atoms with van der Waals surface area (Å²) in [7, 11) is 0. The number of carbonyl (C=O) groups is 2. The molecule has 0 saturated carbocycles. The van der Waals surface area contributed by atoms with Crippen LogP contribution in [0.25, 0.3) is 0 Å². The molecule has 1 aromatic rings. The highest BCUT2D eigenvalue weighted by molar-refractivity contribution is 8.00. The van der Waals surface area contributed by atoms with Gasteiger partial charge in [-0.15, -0.1) is 11.8 Å². The highest BCUT2D eigenvalue weighted by Gasteiger charge is 2.24. The Labute approximate surface area is 124 Å². The zero-order valence-corrected chi connectivity index (χ0v) is 11.9. The number of nitro groups is 1. The zero-order valence-electron chi connectivity index (χ0n) is 11.1. The fourth-order valence-corrected chi connectivity index (χ4v) is 2.13. The number of aliphatic carboxylic acids is 1. The van der Waals surface area contributed by atoms with Crippen molar-refractivity contribution in [3.63, 3.8) is 0 Å². The lowest BCUT2D eigenvalue weighted by atomic mass is 10.2. The number of nitrogens with one attached hydrogen (secondary N) is 1. The Kier molecular flexibility index (Phi) is 6.12. The summed E-state index contributed by atoms with van der Waals surface area (Å²) in [6.07, 6.45) is -1.21. The standard InChI is InChI=1S/C12H14N2O6S/c1-7(15)11(12(17)18)13-10(16)6-21-9-4-2-8(3-5-9)14(19)20/h2-5,7,11,15H,6H2,1H3,(H,13,16)(H,17,18)/t7-,11+/m1/s1. The molecule has 8 nitrogen and oxygen atoms in total.